The molecule has 1 aliphatic carbocycles. The van der Waals surface area contributed by atoms with Gasteiger partial charge in [-0.25, -0.2) is 0 Å². The van der Waals surface area contributed by atoms with E-state index in [-0.39, 0.29) is 11.3 Å². The molecule has 0 aromatic carbocycles. The van der Waals surface area contributed by atoms with E-state index in [0.717, 1.165) is 32.5 Å². The summed E-state index contributed by atoms with van der Waals surface area (Å²) < 4.78 is 0. The quantitative estimate of drug-likeness (QED) is 0.752. The molecule has 0 spiro atoms. The minimum absolute atomic E-state index is 0.204. The van der Waals surface area contributed by atoms with Crippen molar-refractivity contribution >= 4 is 5.91 Å². The average Bonchev–Trinajstić information content (AvgIpc) is 2.39. The summed E-state index contributed by atoms with van der Waals surface area (Å²) in [6, 6.07) is 0. The van der Waals surface area contributed by atoms with Crippen LogP contribution >= 0.6 is 0 Å². The van der Waals surface area contributed by atoms with Gasteiger partial charge in [0.1, 0.15) is 0 Å². The Bertz CT molecular complexity index is 316. The van der Waals surface area contributed by atoms with Crippen LogP contribution in [0.1, 0.15) is 51.9 Å². The van der Waals surface area contributed by atoms with Crippen molar-refractivity contribution in [3.05, 3.63) is 11.6 Å². The van der Waals surface area contributed by atoms with Crippen molar-refractivity contribution < 1.29 is 4.79 Å². The Kier molecular flexibility index (Phi) is 4.81. The first kappa shape index (κ1) is 13.6. The van der Waals surface area contributed by atoms with Gasteiger partial charge in [-0.3, -0.25) is 4.79 Å². The first-order chi connectivity index (χ1) is 8.68. The zero-order chi connectivity index (χ0) is 12.8. The molecular weight excluding hydrogens is 224 g/mol. The van der Waals surface area contributed by atoms with E-state index < -0.39 is 0 Å². The lowest BCUT2D eigenvalue weighted by atomic mass is 9.83. The van der Waals surface area contributed by atoms with Crippen molar-refractivity contribution in [1.82, 2.24) is 10.6 Å². The molecule has 0 aromatic rings. The normalized spacial score (nSPS) is 28.6. The average molecular weight is 250 g/mol. The van der Waals surface area contributed by atoms with E-state index in [9.17, 15) is 4.79 Å². The third kappa shape index (κ3) is 4.13. The van der Waals surface area contributed by atoms with Gasteiger partial charge in [0, 0.05) is 19.5 Å². The Labute approximate surface area is 110 Å². The number of piperidine rings is 1. The third-order valence-electron chi connectivity index (χ3n) is 4.17. The topological polar surface area (TPSA) is 41.1 Å². The molecule has 2 N–H and O–H groups in total. The first-order valence-corrected chi connectivity index (χ1v) is 7.33. The highest BCUT2D eigenvalue weighted by atomic mass is 16.1. The lowest BCUT2D eigenvalue weighted by molar-refractivity contribution is -0.121. The fourth-order valence-electron chi connectivity index (χ4n) is 2.92. The van der Waals surface area contributed by atoms with Crippen molar-refractivity contribution in [3.8, 4) is 0 Å². The third-order valence-corrected chi connectivity index (χ3v) is 4.17. The van der Waals surface area contributed by atoms with Gasteiger partial charge in [0.2, 0.25) is 5.91 Å². The Hall–Kier alpha value is -0.830. The minimum Gasteiger partial charge on any atom is -0.355 e. The van der Waals surface area contributed by atoms with Gasteiger partial charge in [0.15, 0.2) is 0 Å². The number of carbonyl (C=O) groups excluding carboxylic acids is 1. The van der Waals surface area contributed by atoms with Crippen molar-refractivity contribution in [2.45, 2.75) is 51.9 Å². The van der Waals surface area contributed by atoms with E-state index in [1.165, 1.54) is 31.3 Å². The van der Waals surface area contributed by atoms with Crippen LogP contribution in [0.5, 0.6) is 0 Å². The predicted molar refractivity (Wildman–Crippen MR) is 74.4 cm³/mol. The second kappa shape index (κ2) is 6.37. The Morgan fingerprint density at radius 1 is 1.44 bits per heavy atom. The highest BCUT2D eigenvalue weighted by Crippen LogP contribution is 2.24. The van der Waals surface area contributed by atoms with Gasteiger partial charge in [0.05, 0.1) is 0 Å². The lowest BCUT2D eigenvalue weighted by Gasteiger charge is -2.34. The zero-order valence-electron chi connectivity index (χ0n) is 11.6. The largest absolute Gasteiger partial charge is 0.355 e. The number of carbonyl (C=O) groups is 1. The summed E-state index contributed by atoms with van der Waals surface area (Å²) >= 11 is 0. The fourth-order valence-corrected chi connectivity index (χ4v) is 2.92. The molecule has 1 fully saturated rings. The van der Waals surface area contributed by atoms with Gasteiger partial charge in [-0.15, -0.1) is 0 Å². The van der Waals surface area contributed by atoms with E-state index in [2.05, 4.69) is 23.6 Å². The molecular formula is C15H26N2O. The minimum atomic E-state index is 0.204. The van der Waals surface area contributed by atoms with E-state index >= 15 is 0 Å². The number of amides is 1. The van der Waals surface area contributed by atoms with Crippen LogP contribution in [-0.4, -0.2) is 25.5 Å². The predicted octanol–water partition coefficient (Wildman–Crippen LogP) is 2.38. The molecule has 102 valence electrons. The molecule has 0 radical (unpaired) electrons. The van der Waals surface area contributed by atoms with Gasteiger partial charge < -0.3 is 10.6 Å². The Balaban J connectivity index is 1.72. The van der Waals surface area contributed by atoms with Crippen LogP contribution in [-0.2, 0) is 4.79 Å². The summed E-state index contributed by atoms with van der Waals surface area (Å²) in [5.74, 6) is 0.204. The van der Waals surface area contributed by atoms with Crippen LogP contribution < -0.4 is 10.6 Å². The second-order valence-electron chi connectivity index (χ2n) is 6.15. The molecule has 1 atom stereocenters. The molecule has 1 aliphatic heterocycles. The highest BCUT2D eigenvalue weighted by molar-refractivity contribution is 5.78. The van der Waals surface area contributed by atoms with Crippen molar-refractivity contribution in [2.75, 3.05) is 19.6 Å². The first-order valence-electron chi connectivity index (χ1n) is 7.33. The molecule has 1 heterocycles. The van der Waals surface area contributed by atoms with Crippen LogP contribution in [0.4, 0.5) is 0 Å². The highest BCUT2D eigenvalue weighted by Gasteiger charge is 2.27. The molecule has 3 nitrogen and oxygen atoms in total. The monoisotopic (exact) mass is 250 g/mol. The summed E-state index contributed by atoms with van der Waals surface area (Å²) in [6.07, 6.45) is 10.1. The maximum absolute atomic E-state index is 11.9. The number of hydrogen-bond donors (Lipinski definition) is 2. The molecule has 0 saturated carbocycles. The van der Waals surface area contributed by atoms with Crippen LogP contribution in [0.15, 0.2) is 11.6 Å². The van der Waals surface area contributed by atoms with Crippen molar-refractivity contribution in [3.63, 3.8) is 0 Å². The van der Waals surface area contributed by atoms with E-state index in [0.29, 0.717) is 6.42 Å². The smallest absolute Gasteiger partial charge is 0.224 e. The van der Waals surface area contributed by atoms with Crippen molar-refractivity contribution in [1.29, 1.82) is 0 Å². The molecule has 2 aliphatic rings. The molecule has 3 heteroatoms. The fraction of sp³-hybridized carbons (Fsp3) is 0.800. The van der Waals surface area contributed by atoms with Gasteiger partial charge in [-0.1, -0.05) is 18.6 Å². The molecule has 2 rings (SSSR count). The maximum atomic E-state index is 11.9. The van der Waals surface area contributed by atoms with Crippen LogP contribution in [0.3, 0.4) is 0 Å². The Morgan fingerprint density at radius 2 is 2.33 bits per heavy atom. The zero-order valence-corrected chi connectivity index (χ0v) is 11.6. The van der Waals surface area contributed by atoms with Gasteiger partial charge in [-0.2, -0.15) is 0 Å². The van der Waals surface area contributed by atoms with Crippen LogP contribution in [0, 0.1) is 5.41 Å². The van der Waals surface area contributed by atoms with Gasteiger partial charge in [0.25, 0.3) is 0 Å². The molecule has 1 unspecified atom stereocenters. The number of hydrogen-bond acceptors (Lipinski definition) is 2. The second-order valence-corrected chi connectivity index (χ2v) is 6.15. The lowest BCUT2D eigenvalue weighted by Crippen LogP contribution is -2.45. The molecule has 0 bridgehead atoms. The molecule has 18 heavy (non-hydrogen) atoms. The van der Waals surface area contributed by atoms with Crippen LogP contribution in [0.25, 0.3) is 0 Å². The maximum Gasteiger partial charge on any atom is 0.224 e. The van der Waals surface area contributed by atoms with E-state index in [1.54, 1.807) is 0 Å². The van der Waals surface area contributed by atoms with E-state index in [4.69, 9.17) is 0 Å². The summed E-state index contributed by atoms with van der Waals surface area (Å²) in [5, 5.41) is 6.54. The summed E-state index contributed by atoms with van der Waals surface area (Å²) in [7, 11) is 0. The van der Waals surface area contributed by atoms with Gasteiger partial charge >= 0.3 is 0 Å². The van der Waals surface area contributed by atoms with Crippen molar-refractivity contribution in [2.24, 2.45) is 5.41 Å². The molecule has 1 saturated heterocycles. The van der Waals surface area contributed by atoms with Gasteiger partial charge in [-0.05, 0) is 50.5 Å². The summed E-state index contributed by atoms with van der Waals surface area (Å²) in [6.45, 7) is 5.22. The number of nitrogens with one attached hydrogen (secondary N) is 2. The number of allylic oxidation sites excluding steroid dienone is 1. The Morgan fingerprint density at radius 3 is 3.00 bits per heavy atom. The van der Waals surface area contributed by atoms with Crippen LogP contribution in [0.2, 0.25) is 0 Å². The summed E-state index contributed by atoms with van der Waals surface area (Å²) in [5.41, 5.74) is 1.58. The number of rotatable bonds is 4. The SMILES string of the molecule is CC1(CNC(=O)CC2=CCCCC2)CCCNC1. The summed E-state index contributed by atoms with van der Waals surface area (Å²) in [4.78, 5) is 11.9. The standard InChI is InChI=1S/C15H26N2O/c1-15(8-5-9-16-11-15)12-17-14(18)10-13-6-3-2-4-7-13/h6,16H,2-5,7-12H2,1H3,(H,17,18). The molecule has 1 amide bonds. The molecule has 0 aromatic heterocycles. The van der Waals surface area contributed by atoms with E-state index in [1.807, 2.05) is 0 Å².